The van der Waals surface area contributed by atoms with Crippen LogP contribution in [0.1, 0.15) is 6.42 Å². The van der Waals surface area contributed by atoms with E-state index in [0.717, 1.165) is 6.07 Å². The fourth-order valence-corrected chi connectivity index (χ4v) is 1.82. The zero-order valence-electron chi connectivity index (χ0n) is 10.4. The minimum atomic E-state index is -0.993. The van der Waals surface area contributed by atoms with Crippen LogP contribution in [0.4, 0.5) is 10.1 Å². The summed E-state index contributed by atoms with van der Waals surface area (Å²) in [7, 11) is 0. The Morgan fingerprint density at radius 1 is 1.50 bits per heavy atom. The van der Waals surface area contributed by atoms with Crippen molar-refractivity contribution in [2.45, 2.75) is 6.42 Å². The van der Waals surface area contributed by atoms with Gasteiger partial charge in [-0.05, 0) is 18.6 Å². The van der Waals surface area contributed by atoms with Gasteiger partial charge < -0.3 is 15.2 Å². The fourth-order valence-electron chi connectivity index (χ4n) is 1.82. The topological polar surface area (TPSA) is 75.6 Å². The van der Waals surface area contributed by atoms with Crippen molar-refractivity contribution in [1.29, 1.82) is 0 Å². The summed E-state index contributed by atoms with van der Waals surface area (Å²) in [5, 5.41) is 11.3. The minimum absolute atomic E-state index is 0.0620. The van der Waals surface area contributed by atoms with Gasteiger partial charge in [0.05, 0.1) is 17.5 Å². The van der Waals surface area contributed by atoms with Crippen LogP contribution in [0.5, 0.6) is 5.75 Å². The number of benzene rings is 1. The average molecular weight is 277 g/mol. The van der Waals surface area contributed by atoms with Gasteiger partial charge in [0.2, 0.25) is 5.91 Å². The van der Waals surface area contributed by atoms with Crippen molar-refractivity contribution in [3.05, 3.63) is 24.0 Å². The highest BCUT2D eigenvalue weighted by molar-refractivity contribution is 5.99. The van der Waals surface area contributed by atoms with Gasteiger partial charge in [0.25, 0.3) is 0 Å². The summed E-state index contributed by atoms with van der Waals surface area (Å²) < 4.78 is 18.3. The van der Waals surface area contributed by atoms with E-state index < -0.39 is 29.5 Å². The molecule has 1 saturated carbocycles. The summed E-state index contributed by atoms with van der Waals surface area (Å²) in [5.74, 6) is -0.790. The number of hydrogen-bond acceptors (Lipinski definition) is 3. The zero-order chi connectivity index (χ0) is 14.7. The van der Waals surface area contributed by atoms with Crippen LogP contribution in [-0.4, -0.2) is 23.6 Å². The Morgan fingerprint density at radius 3 is 2.85 bits per heavy atom. The van der Waals surface area contributed by atoms with E-state index in [1.807, 2.05) is 0 Å². The monoisotopic (exact) mass is 277 g/mol. The number of terminal acetylenes is 1. The minimum Gasteiger partial charge on any atom is -0.481 e. The molecule has 20 heavy (non-hydrogen) atoms. The Bertz CT molecular complexity index is 593. The van der Waals surface area contributed by atoms with E-state index in [1.54, 1.807) is 0 Å². The summed E-state index contributed by atoms with van der Waals surface area (Å²) in [5.41, 5.74) is 0.266. The third-order valence-corrected chi connectivity index (χ3v) is 2.96. The average Bonchev–Trinajstić information content (AvgIpc) is 3.19. The number of rotatable bonds is 5. The first-order chi connectivity index (χ1) is 9.52. The lowest BCUT2D eigenvalue weighted by Gasteiger charge is -2.11. The number of hydrogen-bond donors (Lipinski definition) is 2. The van der Waals surface area contributed by atoms with Gasteiger partial charge in [-0.2, -0.15) is 0 Å². The Labute approximate surface area is 114 Å². The maximum atomic E-state index is 13.1. The number of nitrogens with one attached hydrogen (secondary N) is 1. The predicted molar refractivity (Wildman–Crippen MR) is 68.6 cm³/mol. The van der Waals surface area contributed by atoms with Crippen LogP contribution in [-0.2, 0) is 9.59 Å². The molecule has 2 unspecified atom stereocenters. The van der Waals surface area contributed by atoms with Crippen molar-refractivity contribution in [2.24, 2.45) is 11.8 Å². The lowest BCUT2D eigenvalue weighted by Crippen LogP contribution is -2.17. The lowest BCUT2D eigenvalue weighted by molar-refractivity contribution is -0.139. The maximum Gasteiger partial charge on any atom is 0.307 e. The SMILES string of the molecule is C#CCOc1cc(F)ccc1NC(=O)C1CC1C(=O)O. The second-order valence-electron chi connectivity index (χ2n) is 4.41. The molecular formula is C14H12FNO4. The molecule has 0 aromatic heterocycles. The van der Waals surface area contributed by atoms with Gasteiger partial charge in [-0.3, -0.25) is 9.59 Å². The molecule has 0 aliphatic heterocycles. The number of carboxylic acids is 1. The van der Waals surface area contributed by atoms with Gasteiger partial charge in [0.1, 0.15) is 18.2 Å². The van der Waals surface area contributed by atoms with Gasteiger partial charge in [0.15, 0.2) is 0 Å². The van der Waals surface area contributed by atoms with E-state index in [0.29, 0.717) is 6.42 Å². The Kier molecular flexibility index (Phi) is 3.89. The van der Waals surface area contributed by atoms with E-state index in [-0.39, 0.29) is 18.0 Å². The molecule has 2 N–H and O–H groups in total. The van der Waals surface area contributed by atoms with Gasteiger partial charge in [-0.1, -0.05) is 5.92 Å². The second kappa shape index (κ2) is 5.61. The van der Waals surface area contributed by atoms with Crippen molar-refractivity contribution in [1.82, 2.24) is 0 Å². The molecule has 1 aliphatic rings. The van der Waals surface area contributed by atoms with E-state index in [4.69, 9.17) is 16.3 Å². The van der Waals surface area contributed by atoms with Crippen LogP contribution in [0.25, 0.3) is 0 Å². The largest absolute Gasteiger partial charge is 0.481 e. The number of halogens is 1. The van der Waals surface area contributed by atoms with Gasteiger partial charge in [0, 0.05) is 6.07 Å². The first-order valence-electron chi connectivity index (χ1n) is 5.92. The predicted octanol–water partition coefficient (Wildman–Crippen LogP) is 1.50. The molecule has 0 spiro atoms. The fraction of sp³-hybridized carbons (Fsp3) is 0.286. The molecule has 1 amide bonds. The van der Waals surface area contributed by atoms with E-state index in [1.165, 1.54) is 12.1 Å². The van der Waals surface area contributed by atoms with Crippen molar-refractivity contribution >= 4 is 17.6 Å². The van der Waals surface area contributed by atoms with Crippen molar-refractivity contribution < 1.29 is 23.8 Å². The molecule has 2 atom stereocenters. The first kappa shape index (κ1) is 13.9. The summed E-state index contributed by atoms with van der Waals surface area (Å²) in [6, 6.07) is 3.62. The zero-order valence-corrected chi connectivity index (χ0v) is 10.4. The molecule has 2 rings (SSSR count). The Morgan fingerprint density at radius 2 is 2.25 bits per heavy atom. The molecule has 1 aromatic carbocycles. The number of amides is 1. The van der Waals surface area contributed by atoms with Crippen LogP contribution in [0, 0.1) is 30.0 Å². The highest BCUT2D eigenvalue weighted by Crippen LogP contribution is 2.40. The number of carboxylic acid groups (broad SMARTS) is 1. The third kappa shape index (κ3) is 3.06. The van der Waals surface area contributed by atoms with Crippen LogP contribution in [0.3, 0.4) is 0 Å². The Hall–Kier alpha value is -2.55. The molecular weight excluding hydrogens is 265 g/mol. The molecule has 0 heterocycles. The first-order valence-corrected chi connectivity index (χ1v) is 5.92. The normalized spacial score (nSPS) is 19.8. The molecule has 104 valence electrons. The molecule has 1 aromatic rings. The standard InChI is InChI=1S/C14H12FNO4/c1-2-5-20-12-6-8(15)3-4-11(12)16-13(17)9-7-10(9)14(18)19/h1,3-4,6,9-10H,5,7H2,(H,16,17)(H,18,19). The van der Waals surface area contributed by atoms with Gasteiger partial charge >= 0.3 is 5.97 Å². The van der Waals surface area contributed by atoms with Crippen LogP contribution in [0.2, 0.25) is 0 Å². The number of ether oxygens (including phenoxy) is 1. The van der Waals surface area contributed by atoms with E-state index in [9.17, 15) is 14.0 Å². The molecule has 6 heteroatoms. The Balaban J connectivity index is 2.07. The quantitative estimate of drug-likeness (QED) is 0.800. The van der Waals surface area contributed by atoms with Crippen molar-refractivity contribution in [2.75, 3.05) is 11.9 Å². The van der Waals surface area contributed by atoms with Crippen LogP contribution >= 0.6 is 0 Å². The number of aliphatic carboxylic acids is 1. The lowest BCUT2D eigenvalue weighted by atomic mass is 10.2. The summed E-state index contributed by atoms with van der Waals surface area (Å²) in [6.45, 7) is -0.0620. The molecule has 0 bridgehead atoms. The molecule has 1 fully saturated rings. The second-order valence-corrected chi connectivity index (χ2v) is 4.41. The van der Waals surface area contributed by atoms with Crippen molar-refractivity contribution in [3.8, 4) is 18.1 Å². The highest BCUT2D eigenvalue weighted by Gasteiger charge is 2.48. The molecule has 0 saturated heterocycles. The van der Waals surface area contributed by atoms with Crippen LogP contribution < -0.4 is 10.1 Å². The molecule has 0 radical (unpaired) electrons. The molecule has 5 nitrogen and oxygen atoms in total. The molecule has 1 aliphatic carbocycles. The van der Waals surface area contributed by atoms with E-state index >= 15 is 0 Å². The number of carbonyl (C=O) groups is 2. The third-order valence-electron chi connectivity index (χ3n) is 2.96. The smallest absolute Gasteiger partial charge is 0.307 e. The number of carbonyl (C=O) groups excluding carboxylic acids is 1. The van der Waals surface area contributed by atoms with E-state index in [2.05, 4.69) is 11.2 Å². The van der Waals surface area contributed by atoms with Crippen molar-refractivity contribution in [3.63, 3.8) is 0 Å². The number of anilines is 1. The highest BCUT2D eigenvalue weighted by atomic mass is 19.1. The van der Waals surface area contributed by atoms with Crippen LogP contribution in [0.15, 0.2) is 18.2 Å². The van der Waals surface area contributed by atoms with Gasteiger partial charge in [-0.25, -0.2) is 4.39 Å². The summed E-state index contributed by atoms with van der Waals surface area (Å²) in [6.07, 6.45) is 5.36. The maximum absolute atomic E-state index is 13.1. The summed E-state index contributed by atoms with van der Waals surface area (Å²) >= 11 is 0. The summed E-state index contributed by atoms with van der Waals surface area (Å²) in [4.78, 5) is 22.5. The van der Waals surface area contributed by atoms with Gasteiger partial charge in [-0.15, -0.1) is 6.42 Å².